The third-order valence-corrected chi connectivity index (χ3v) is 6.64. The number of rotatable bonds is 11. The highest BCUT2D eigenvalue weighted by molar-refractivity contribution is 6.46. The average molecular weight is 531 g/mol. The summed E-state index contributed by atoms with van der Waals surface area (Å²) in [5, 5.41) is 11.5. The summed E-state index contributed by atoms with van der Waals surface area (Å²) in [4.78, 5) is 32.5. The molecule has 1 aliphatic heterocycles. The topological polar surface area (TPSA) is 98.2 Å². The van der Waals surface area contributed by atoms with E-state index in [0.717, 1.165) is 24.0 Å². The number of carbonyl (C=O) groups is 2. The molecule has 39 heavy (non-hydrogen) atoms. The highest BCUT2D eigenvalue weighted by atomic mass is 16.5. The molecule has 1 aromatic heterocycles. The molecule has 1 amide bonds. The number of ketones is 1. The van der Waals surface area contributed by atoms with Gasteiger partial charge in [0.05, 0.1) is 31.9 Å². The van der Waals surface area contributed by atoms with Crippen LogP contribution >= 0.6 is 0 Å². The summed E-state index contributed by atoms with van der Waals surface area (Å²) in [5.74, 6) is 0.000657. The predicted octanol–water partition coefficient (Wildman–Crippen LogP) is 5.60. The van der Waals surface area contributed by atoms with Crippen molar-refractivity contribution in [2.45, 2.75) is 46.2 Å². The van der Waals surface area contributed by atoms with Crippen molar-refractivity contribution in [3.05, 3.63) is 88.8 Å². The summed E-state index contributed by atoms with van der Waals surface area (Å²) in [6, 6.07) is 13.3. The lowest BCUT2D eigenvalue weighted by Gasteiger charge is -2.26. The Morgan fingerprint density at radius 3 is 2.54 bits per heavy atom. The van der Waals surface area contributed by atoms with Crippen LogP contribution in [0.2, 0.25) is 0 Å². The van der Waals surface area contributed by atoms with E-state index in [1.54, 1.807) is 48.8 Å². The van der Waals surface area contributed by atoms with Gasteiger partial charge in [-0.2, -0.15) is 0 Å². The van der Waals surface area contributed by atoms with Gasteiger partial charge in [0, 0.05) is 24.5 Å². The van der Waals surface area contributed by atoms with Gasteiger partial charge in [-0.05, 0) is 73.4 Å². The van der Waals surface area contributed by atoms with E-state index in [2.05, 4.69) is 11.9 Å². The van der Waals surface area contributed by atoms with E-state index in [-0.39, 0.29) is 17.9 Å². The van der Waals surface area contributed by atoms with Gasteiger partial charge in [0.25, 0.3) is 11.7 Å². The van der Waals surface area contributed by atoms with Crippen LogP contribution in [0.3, 0.4) is 0 Å². The Kier molecular flexibility index (Phi) is 8.86. The van der Waals surface area contributed by atoms with Crippen LogP contribution in [0.15, 0.2) is 66.5 Å². The second-order valence-electron chi connectivity index (χ2n) is 9.31. The van der Waals surface area contributed by atoms with E-state index in [1.165, 1.54) is 12.0 Å². The van der Waals surface area contributed by atoms with E-state index < -0.39 is 17.7 Å². The maximum atomic E-state index is 13.5. The van der Waals surface area contributed by atoms with E-state index in [0.29, 0.717) is 41.6 Å². The molecule has 1 N–H and O–H groups in total. The van der Waals surface area contributed by atoms with E-state index in [9.17, 15) is 14.7 Å². The van der Waals surface area contributed by atoms with Gasteiger partial charge >= 0.3 is 0 Å². The Balaban J connectivity index is 1.82. The zero-order chi connectivity index (χ0) is 27.9. The van der Waals surface area contributed by atoms with Crippen molar-refractivity contribution in [3.8, 4) is 17.2 Å². The van der Waals surface area contributed by atoms with E-state index >= 15 is 0 Å². The molecule has 0 bridgehead atoms. The quantitative estimate of drug-likeness (QED) is 0.149. The van der Waals surface area contributed by atoms with E-state index in [1.807, 2.05) is 26.0 Å². The first-order valence-electron chi connectivity index (χ1n) is 13.1. The molecule has 0 saturated carbocycles. The number of methoxy groups -OCH3 is 1. The van der Waals surface area contributed by atoms with Gasteiger partial charge in [0.1, 0.15) is 11.5 Å². The second kappa shape index (κ2) is 12.5. The minimum Gasteiger partial charge on any atom is -0.507 e. The number of ether oxygens (including phenoxy) is 3. The Morgan fingerprint density at radius 2 is 1.87 bits per heavy atom. The number of amides is 1. The van der Waals surface area contributed by atoms with Crippen molar-refractivity contribution in [1.82, 2.24) is 9.88 Å². The van der Waals surface area contributed by atoms with Crippen molar-refractivity contribution < 1.29 is 28.9 Å². The smallest absolute Gasteiger partial charge is 0.295 e. The largest absolute Gasteiger partial charge is 0.507 e. The molecule has 204 valence electrons. The van der Waals surface area contributed by atoms with Crippen LogP contribution in [0.5, 0.6) is 17.2 Å². The zero-order valence-corrected chi connectivity index (χ0v) is 22.8. The van der Waals surface area contributed by atoms with E-state index in [4.69, 9.17) is 14.2 Å². The number of Topliss-reactive ketones (excluding diaryl/α,β-unsaturated/α-hetero) is 1. The number of hydrogen-bond donors (Lipinski definition) is 1. The molecule has 1 saturated heterocycles. The fourth-order valence-electron chi connectivity index (χ4n) is 4.68. The molecule has 1 aliphatic rings. The summed E-state index contributed by atoms with van der Waals surface area (Å²) in [7, 11) is 1.53. The van der Waals surface area contributed by atoms with Gasteiger partial charge in [-0.25, -0.2) is 0 Å². The summed E-state index contributed by atoms with van der Waals surface area (Å²) in [5.41, 5.74) is 2.56. The minimum atomic E-state index is -0.852. The predicted molar refractivity (Wildman–Crippen MR) is 148 cm³/mol. The second-order valence-corrected chi connectivity index (χ2v) is 9.31. The standard InChI is InChI=1S/C31H34N2O6/c1-5-7-15-39-23-11-12-24(20(3)16-23)29(34)27-28(22-10-13-25(38-6-2)26(17-22)37-4)33(31(36)30(27)35)19-21-9-8-14-32-18-21/h8-14,16-18,28,34H,5-7,15,19H2,1-4H3/b29-27+/t28-/m0/s1. The Hall–Kier alpha value is -4.33. The third-order valence-electron chi connectivity index (χ3n) is 6.64. The van der Waals surface area contributed by atoms with Gasteiger partial charge in [-0.3, -0.25) is 14.6 Å². The molecule has 8 nitrogen and oxygen atoms in total. The monoisotopic (exact) mass is 530 g/mol. The molecule has 0 spiro atoms. The SMILES string of the molecule is CCCCOc1ccc(/C(O)=C2\C(=O)C(=O)N(Cc3cccnc3)[C@H]2c2ccc(OCC)c(OC)c2)c(C)c1. The van der Waals surface area contributed by atoms with Crippen molar-refractivity contribution in [2.75, 3.05) is 20.3 Å². The van der Waals surface area contributed by atoms with Crippen LogP contribution in [0.1, 0.15) is 55.0 Å². The molecule has 1 fully saturated rings. The lowest BCUT2D eigenvalue weighted by atomic mass is 9.93. The van der Waals surface area contributed by atoms with Gasteiger partial charge in [-0.1, -0.05) is 25.5 Å². The number of benzene rings is 2. The average Bonchev–Trinajstić information content (AvgIpc) is 3.19. The zero-order valence-electron chi connectivity index (χ0n) is 22.8. The highest BCUT2D eigenvalue weighted by Crippen LogP contribution is 2.43. The van der Waals surface area contributed by atoms with Gasteiger partial charge in [0.2, 0.25) is 0 Å². The van der Waals surface area contributed by atoms with Crippen LogP contribution in [-0.4, -0.2) is 47.0 Å². The molecule has 0 unspecified atom stereocenters. The number of aryl methyl sites for hydroxylation is 1. The molecule has 8 heteroatoms. The van der Waals surface area contributed by atoms with Crippen molar-refractivity contribution in [1.29, 1.82) is 0 Å². The summed E-state index contributed by atoms with van der Waals surface area (Å²) < 4.78 is 17.0. The van der Waals surface area contributed by atoms with Crippen molar-refractivity contribution >= 4 is 17.4 Å². The highest BCUT2D eigenvalue weighted by Gasteiger charge is 2.46. The number of likely N-dealkylation sites (tertiary alicyclic amines) is 1. The number of nitrogens with zero attached hydrogens (tertiary/aromatic N) is 2. The number of aliphatic hydroxyl groups excluding tert-OH is 1. The summed E-state index contributed by atoms with van der Waals surface area (Å²) in [6.07, 6.45) is 5.25. The van der Waals surface area contributed by atoms with Gasteiger partial charge in [0.15, 0.2) is 11.5 Å². The number of aromatic nitrogens is 1. The first kappa shape index (κ1) is 27.7. The summed E-state index contributed by atoms with van der Waals surface area (Å²) in [6.45, 7) is 6.99. The first-order valence-corrected chi connectivity index (χ1v) is 13.1. The Morgan fingerprint density at radius 1 is 1.05 bits per heavy atom. The van der Waals surface area contributed by atoms with Crippen LogP contribution in [-0.2, 0) is 16.1 Å². The molecular formula is C31H34N2O6. The molecule has 3 aromatic rings. The molecule has 1 atom stereocenters. The minimum absolute atomic E-state index is 0.0119. The van der Waals surface area contributed by atoms with Crippen LogP contribution in [0.25, 0.3) is 5.76 Å². The number of hydrogen-bond acceptors (Lipinski definition) is 7. The lowest BCUT2D eigenvalue weighted by Crippen LogP contribution is -2.29. The molecule has 4 rings (SSSR count). The number of unbranched alkanes of at least 4 members (excludes halogenated alkanes) is 1. The van der Waals surface area contributed by atoms with Crippen molar-refractivity contribution in [3.63, 3.8) is 0 Å². The fourth-order valence-corrected chi connectivity index (χ4v) is 4.68. The molecule has 2 heterocycles. The first-order chi connectivity index (χ1) is 18.9. The number of pyridine rings is 1. The molecule has 2 aromatic carbocycles. The van der Waals surface area contributed by atoms with Crippen molar-refractivity contribution in [2.24, 2.45) is 0 Å². The Labute approximate surface area is 228 Å². The number of aliphatic hydroxyl groups is 1. The number of carbonyl (C=O) groups excluding carboxylic acids is 2. The molecule has 0 aliphatic carbocycles. The maximum absolute atomic E-state index is 13.5. The molecule has 0 radical (unpaired) electrons. The molecular weight excluding hydrogens is 496 g/mol. The van der Waals surface area contributed by atoms with Gasteiger partial charge < -0.3 is 24.2 Å². The fraction of sp³-hybridized carbons (Fsp3) is 0.323. The Bertz CT molecular complexity index is 1370. The third kappa shape index (κ3) is 5.90. The van der Waals surface area contributed by atoms with Crippen LogP contribution in [0, 0.1) is 6.92 Å². The normalized spacial score (nSPS) is 16.4. The van der Waals surface area contributed by atoms with Crippen LogP contribution in [0.4, 0.5) is 0 Å². The maximum Gasteiger partial charge on any atom is 0.295 e. The van der Waals surface area contributed by atoms with Crippen LogP contribution < -0.4 is 14.2 Å². The van der Waals surface area contributed by atoms with Gasteiger partial charge in [-0.15, -0.1) is 0 Å². The lowest BCUT2D eigenvalue weighted by molar-refractivity contribution is -0.140. The summed E-state index contributed by atoms with van der Waals surface area (Å²) >= 11 is 0.